The molecule has 7 heteroatoms. The topological polar surface area (TPSA) is 49.3 Å². The van der Waals surface area contributed by atoms with Crippen LogP contribution in [0.15, 0.2) is 23.2 Å². The zero-order chi connectivity index (χ0) is 20.4. The van der Waals surface area contributed by atoms with E-state index in [1.165, 1.54) is 38.9 Å². The molecule has 0 aliphatic carbocycles. The van der Waals surface area contributed by atoms with Gasteiger partial charge >= 0.3 is 0 Å². The summed E-state index contributed by atoms with van der Waals surface area (Å²) in [6.45, 7) is 10.5. The highest BCUT2D eigenvalue weighted by molar-refractivity contribution is 14.0. The van der Waals surface area contributed by atoms with Crippen molar-refractivity contribution in [3.05, 3.63) is 23.8 Å². The molecule has 1 aliphatic rings. The van der Waals surface area contributed by atoms with Crippen molar-refractivity contribution in [1.29, 1.82) is 0 Å². The van der Waals surface area contributed by atoms with E-state index in [0.29, 0.717) is 5.92 Å². The second kappa shape index (κ2) is 13.9. The second-order valence-electron chi connectivity index (χ2n) is 7.51. The van der Waals surface area contributed by atoms with Gasteiger partial charge < -0.3 is 24.6 Å². The first-order valence-corrected chi connectivity index (χ1v) is 10.5. The number of methoxy groups -OCH3 is 2. The van der Waals surface area contributed by atoms with Crippen LogP contribution in [0.3, 0.4) is 0 Å². The highest BCUT2D eigenvalue weighted by atomic mass is 127. The maximum atomic E-state index is 5.54. The molecule has 0 radical (unpaired) electrons. The van der Waals surface area contributed by atoms with Crippen molar-refractivity contribution in [1.82, 2.24) is 15.1 Å². The Balaban J connectivity index is 0.00000420. The Labute approximate surface area is 194 Å². The summed E-state index contributed by atoms with van der Waals surface area (Å²) in [4.78, 5) is 9.68. The Morgan fingerprint density at radius 2 is 1.93 bits per heavy atom. The molecule has 0 saturated carbocycles. The van der Waals surface area contributed by atoms with Crippen LogP contribution in [0.2, 0.25) is 0 Å². The van der Waals surface area contributed by atoms with Crippen LogP contribution in [0.1, 0.15) is 38.7 Å². The minimum atomic E-state index is 0. The lowest BCUT2D eigenvalue weighted by atomic mass is 9.97. The van der Waals surface area contributed by atoms with Crippen molar-refractivity contribution in [3.63, 3.8) is 0 Å². The number of halogens is 1. The molecule has 0 unspecified atom stereocenters. The van der Waals surface area contributed by atoms with Gasteiger partial charge in [0, 0.05) is 38.3 Å². The summed E-state index contributed by atoms with van der Waals surface area (Å²) in [6, 6.07) is 5.96. The molecule has 1 saturated heterocycles. The second-order valence-corrected chi connectivity index (χ2v) is 7.51. The largest absolute Gasteiger partial charge is 0.497 e. The molecule has 0 aromatic heterocycles. The average Bonchev–Trinajstić information content (AvgIpc) is 2.72. The molecule has 0 bridgehead atoms. The summed E-state index contributed by atoms with van der Waals surface area (Å²) in [6.07, 6.45) is 3.74. The van der Waals surface area contributed by atoms with Crippen molar-refractivity contribution in [2.75, 3.05) is 54.0 Å². The van der Waals surface area contributed by atoms with Gasteiger partial charge in [-0.1, -0.05) is 6.92 Å². The molecule has 2 rings (SSSR count). The van der Waals surface area contributed by atoms with Crippen LogP contribution in [0.4, 0.5) is 0 Å². The van der Waals surface area contributed by atoms with E-state index in [4.69, 9.17) is 14.5 Å². The first kappa shape index (κ1) is 25.8. The molecule has 0 amide bonds. The van der Waals surface area contributed by atoms with Crippen LogP contribution in [-0.4, -0.2) is 69.8 Å². The molecule has 1 aliphatic heterocycles. The number of nitrogens with one attached hydrogen (secondary N) is 1. The predicted molar refractivity (Wildman–Crippen MR) is 132 cm³/mol. The van der Waals surface area contributed by atoms with Crippen LogP contribution >= 0.6 is 24.0 Å². The molecular formula is C22H39IN4O2. The van der Waals surface area contributed by atoms with Crippen molar-refractivity contribution < 1.29 is 9.47 Å². The number of hydrogen-bond acceptors (Lipinski definition) is 4. The minimum absolute atomic E-state index is 0. The molecule has 1 aromatic carbocycles. The van der Waals surface area contributed by atoms with E-state index in [2.05, 4.69) is 42.1 Å². The molecule has 6 nitrogen and oxygen atoms in total. The van der Waals surface area contributed by atoms with Crippen LogP contribution in [-0.2, 0) is 6.54 Å². The third-order valence-corrected chi connectivity index (χ3v) is 5.34. The maximum Gasteiger partial charge on any atom is 0.193 e. The highest BCUT2D eigenvalue weighted by Gasteiger charge is 2.19. The normalized spacial score (nSPS) is 15.6. The molecule has 166 valence electrons. The predicted octanol–water partition coefficient (Wildman–Crippen LogP) is 3.84. The Morgan fingerprint density at radius 1 is 1.21 bits per heavy atom. The van der Waals surface area contributed by atoms with Gasteiger partial charge in [-0.05, 0) is 63.9 Å². The molecule has 1 N–H and O–H groups in total. The summed E-state index contributed by atoms with van der Waals surface area (Å²) in [5.74, 6) is 3.28. The van der Waals surface area contributed by atoms with Crippen LogP contribution < -0.4 is 14.8 Å². The van der Waals surface area contributed by atoms with Gasteiger partial charge in [0.15, 0.2) is 5.96 Å². The number of hydrogen-bond donors (Lipinski definition) is 1. The fourth-order valence-corrected chi connectivity index (χ4v) is 3.71. The van der Waals surface area contributed by atoms with E-state index in [1.807, 2.05) is 12.1 Å². The molecule has 1 fully saturated rings. The van der Waals surface area contributed by atoms with Gasteiger partial charge in [-0.25, -0.2) is 0 Å². The van der Waals surface area contributed by atoms with E-state index >= 15 is 0 Å². The monoisotopic (exact) mass is 518 g/mol. The van der Waals surface area contributed by atoms with E-state index in [1.54, 1.807) is 14.2 Å². The number of rotatable bonds is 9. The first-order chi connectivity index (χ1) is 13.6. The van der Waals surface area contributed by atoms with Crippen LogP contribution in [0.25, 0.3) is 0 Å². The average molecular weight is 518 g/mol. The zero-order valence-electron chi connectivity index (χ0n) is 18.7. The number of benzene rings is 1. The highest BCUT2D eigenvalue weighted by Crippen LogP contribution is 2.25. The van der Waals surface area contributed by atoms with E-state index in [0.717, 1.165) is 42.7 Å². The van der Waals surface area contributed by atoms with E-state index in [9.17, 15) is 0 Å². The fraction of sp³-hybridized carbons (Fsp3) is 0.682. The van der Waals surface area contributed by atoms with E-state index in [-0.39, 0.29) is 24.0 Å². The lowest BCUT2D eigenvalue weighted by Crippen LogP contribution is -2.39. The Morgan fingerprint density at radius 3 is 2.52 bits per heavy atom. The lowest BCUT2D eigenvalue weighted by molar-refractivity contribution is 0.188. The Hall–Kier alpha value is -1.22. The zero-order valence-corrected chi connectivity index (χ0v) is 21.1. The third kappa shape index (κ3) is 8.20. The molecule has 29 heavy (non-hydrogen) atoms. The summed E-state index contributed by atoms with van der Waals surface area (Å²) < 4.78 is 10.8. The Bertz CT molecular complexity index is 619. The first-order valence-electron chi connectivity index (χ1n) is 10.5. The van der Waals surface area contributed by atoms with Gasteiger partial charge in [-0.15, -0.1) is 24.0 Å². The number of aliphatic imine (C=N–C) groups is 1. The number of guanidine groups is 1. The molecule has 0 atom stereocenters. The standard InChI is InChI=1S/C22H38N4O2.HI/c1-6-12-26-13-10-18(11-14-26)16-24-22(23-7-2)25(3)17-19-8-9-20(27-4)15-21(19)28-5;/h8-9,15,18H,6-7,10-14,16-17H2,1-5H3,(H,23,24);1H. The van der Waals surface area contributed by atoms with Gasteiger partial charge in [0.25, 0.3) is 0 Å². The summed E-state index contributed by atoms with van der Waals surface area (Å²) in [5.41, 5.74) is 1.12. The fourth-order valence-electron chi connectivity index (χ4n) is 3.71. The van der Waals surface area contributed by atoms with Gasteiger partial charge in [-0.3, -0.25) is 4.99 Å². The van der Waals surface area contributed by atoms with E-state index < -0.39 is 0 Å². The lowest BCUT2D eigenvalue weighted by Gasteiger charge is -2.31. The molecular weight excluding hydrogens is 479 g/mol. The van der Waals surface area contributed by atoms with Gasteiger partial charge in [-0.2, -0.15) is 0 Å². The minimum Gasteiger partial charge on any atom is -0.497 e. The maximum absolute atomic E-state index is 5.54. The van der Waals surface area contributed by atoms with Gasteiger partial charge in [0.1, 0.15) is 11.5 Å². The van der Waals surface area contributed by atoms with Gasteiger partial charge in [0.2, 0.25) is 0 Å². The smallest absolute Gasteiger partial charge is 0.193 e. The van der Waals surface area contributed by atoms with Gasteiger partial charge in [0.05, 0.1) is 14.2 Å². The van der Waals surface area contributed by atoms with Crippen molar-refractivity contribution in [2.24, 2.45) is 10.9 Å². The summed E-state index contributed by atoms with van der Waals surface area (Å²) in [5, 5.41) is 3.43. The van der Waals surface area contributed by atoms with Crippen LogP contribution in [0, 0.1) is 5.92 Å². The van der Waals surface area contributed by atoms with Crippen molar-refractivity contribution >= 4 is 29.9 Å². The molecule has 1 heterocycles. The Kier molecular flexibility index (Phi) is 12.4. The van der Waals surface area contributed by atoms with Crippen molar-refractivity contribution in [3.8, 4) is 11.5 Å². The SMILES string of the molecule is CCCN1CCC(CN=C(NCC)N(C)Cc2ccc(OC)cc2OC)CC1.I. The molecule has 0 spiro atoms. The number of piperidine rings is 1. The summed E-state index contributed by atoms with van der Waals surface area (Å²) in [7, 11) is 5.45. The molecule has 1 aromatic rings. The quantitative estimate of drug-likeness (QED) is 0.306. The van der Waals surface area contributed by atoms with Crippen molar-refractivity contribution in [2.45, 2.75) is 39.7 Å². The van der Waals surface area contributed by atoms with Crippen LogP contribution in [0.5, 0.6) is 11.5 Å². The third-order valence-electron chi connectivity index (χ3n) is 5.34. The summed E-state index contributed by atoms with van der Waals surface area (Å²) >= 11 is 0. The number of nitrogens with zero attached hydrogens (tertiary/aromatic N) is 3. The number of ether oxygens (including phenoxy) is 2. The number of likely N-dealkylation sites (tertiary alicyclic amines) is 1.